The average Bonchev–Trinajstić information content (AvgIpc) is 2.71. The van der Waals surface area contributed by atoms with E-state index in [1.165, 1.54) is 23.4 Å². The van der Waals surface area contributed by atoms with Crippen LogP contribution in [0.5, 0.6) is 0 Å². The first-order valence-corrected chi connectivity index (χ1v) is 8.72. The lowest BCUT2D eigenvalue weighted by Crippen LogP contribution is -2.50. The van der Waals surface area contributed by atoms with Gasteiger partial charge in [-0.2, -0.15) is 0 Å². The maximum absolute atomic E-state index is 11.6. The molecule has 1 N–H and O–H groups in total. The van der Waals surface area contributed by atoms with Crippen molar-refractivity contribution in [1.29, 1.82) is 0 Å². The minimum Gasteiger partial charge on any atom is -0.426 e. The van der Waals surface area contributed by atoms with Crippen LogP contribution in [-0.2, 0) is 14.3 Å². The maximum Gasteiger partial charge on any atom is 0.333 e. The summed E-state index contributed by atoms with van der Waals surface area (Å²) in [6.07, 6.45) is 6.09. The predicted molar refractivity (Wildman–Crippen MR) is 85.0 cm³/mol. The van der Waals surface area contributed by atoms with E-state index in [9.17, 15) is 14.7 Å². The molecule has 0 bridgehead atoms. The molecule has 1 fully saturated rings. The largest absolute Gasteiger partial charge is 0.426 e. The Morgan fingerprint density at radius 3 is 2.91 bits per heavy atom. The first-order valence-electron chi connectivity index (χ1n) is 7.73. The smallest absolute Gasteiger partial charge is 0.333 e. The molecular formula is C17H22O4S. The molecule has 5 heteroatoms. The lowest BCUT2D eigenvalue weighted by atomic mass is 9.56. The number of hydrogen-bond acceptors (Lipinski definition) is 5. The van der Waals surface area contributed by atoms with E-state index in [2.05, 4.69) is 19.9 Å². The van der Waals surface area contributed by atoms with Crippen LogP contribution in [0.25, 0.3) is 0 Å². The van der Waals surface area contributed by atoms with Gasteiger partial charge >= 0.3 is 5.97 Å². The van der Waals surface area contributed by atoms with E-state index < -0.39 is 11.8 Å². The second kappa shape index (κ2) is 5.24. The molecule has 1 heterocycles. The van der Waals surface area contributed by atoms with Crippen LogP contribution in [0.1, 0.15) is 40.0 Å². The number of carbonyl (C=O) groups is 2. The molecule has 0 amide bonds. The van der Waals surface area contributed by atoms with Crippen LogP contribution in [0.3, 0.4) is 0 Å². The zero-order chi connectivity index (χ0) is 16.1. The highest BCUT2D eigenvalue weighted by molar-refractivity contribution is 8.13. The van der Waals surface area contributed by atoms with Crippen LogP contribution in [0, 0.1) is 17.3 Å². The molecule has 0 unspecified atom stereocenters. The van der Waals surface area contributed by atoms with Crippen LogP contribution in [-0.4, -0.2) is 27.7 Å². The Bertz CT molecular complexity index is 589. The molecule has 3 aliphatic rings. The fourth-order valence-corrected chi connectivity index (χ4v) is 4.94. The molecular weight excluding hydrogens is 300 g/mol. The fraction of sp³-hybridized carbons (Fsp3) is 0.647. The van der Waals surface area contributed by atoms with Gasteiger partial charge in [0.2, 0.25) is 5.79 Å². The van der Waals surface area contributed by atoms with Gasteiger partial charge in [-0.3, -0.25) is 4.79 Å². The predicted octanol–water partition coefficient (Wildman–Crippen LogP) is 2.82. The van der Waals surface area contributed by atoms with E-state index in [-0.39, 0.29) is 16.4 Å². The zero-order valence-electron chi connectivity index (χ0n) is 13.2. The van der Waals surface area contributed by atoms with E-state index in [0.717, 1.165) is 24.2 Å². The molecule has 2 aliphatic carbocycles. The quantitative estimate of drug-likeness (QED) is 0.625. The van der Waals surface area contributed by atoms with Crippen LogP contribution in [0.2, 0.25) is 0 Å². The summed E-state index contributed by atoms with van der Waals surface area (Å²) < 4.78 is 5.21. The summed E-state index contributed by atoms with van der Waals surface area (Å²) in [5, 5.41) is 10.9. The standard InChI is InChI=1S/C17H22O4S/c1-10(18)22-9-11-4-5-13-12(6-11)8-17(20)14(16(13,2)3)7-15(19)21-17/h6-7,12-13,20H,4-5,8-9H2,1-3H3/t12-,13-,17+/m1/s1. The summed E-state index contributed by atoms with van der Waals surface area (Å²) in [4.78, 5) is 22.8. The molecule has 120 valence electrons. The van der Waals surface area contributed by atoms with E-state index >= 15 is 0 Å². The molecule has 4 nitrogen and oxygen atoms in total. The maximum atomic E-state index is 11.6. The third kappa shape index (κ3) is 2.54. The van der Waals surface area contributed by atoms with Gasteiger partial charge in [0.05, 0.1) is 0 Å². The van der Waals surface area contributed by atoms with Crippen molar-refractivity contribution in [2.75, 3.05) is 5.75 Å². The van der Waals surface area contributed by atoms with Crippen molar-refractivity contribution in [3.63, 3.8) is 0 Å². The van der Waals surface area contributed by atoms with E-state index in [1.807, 2.05) is 0 Å². The van der Waals surface area contributed by atoms with Gasteiger partial charge in [0, 0.05) is 30.7 Å². The molecule has 0 spiro atoms. The number of thioether (sulfide) groups is 1. The minimum atomic E-state index is -1.45. The Morgan fingerprint density at radius 1 is 1.50 bits per heavy atom. The Balaban J connectivity index is 1.87. The molecule has 0 aromatic rings. The van der Waals surface area contributed by atoms with Crippen LogP contribution in [0.15, 0.2) is 23.3 Å². The molecule has 1 aliphatic heterocycles. The molecule has 22 heavy (non-hydrogen) atoms. The van der Waals surface area contributed by atoms with Gasteiger partial charge in [0.1, 0.15) is 0 Å². The minimum absolute atomic E-state index is 0.126. The lowest BCUT2D eigenvalue weighted by molar-refractivity contribution is -0.201. The molecule has 0 aromatic heterocycles. The zero-order valence-corrected chi connectivity index (χ0v) is 14.0. The van der Waals surface area contributed by atoms with Crippen molar-refractivity contribution < 1.29 is 19.4 Å². The summed E-state index contributed by atoms with van der Waals surface area (Å²) in [5.41, 5.74) is 1.72. The number of allylic oxidation sites excluding steroid dienone is 1. The number of hydrogen-bond donors (Lipinski definition) is 1. The monoisotopic (exact) mass is 322 g/mol. The summed E-state index contributed by atoms with van der Waals surface area (Å²) >= 11 is 1.33. The van der Waals surface area contributed by atoms with Crippen molar-refractivity contribution in [2.45, 2.75) is 45.8 Å². The van der Waals surface area contributed by atoms with Gasteiger partial charge in [-0.15, -0.1) is 0 Å². The molecule has 0 saturated heterocycles. The molecule has 0 radical (unpaired) electrons. The number of carbonyl (C=O) groups excluding carboxylic acids is 2. The number of esters is 1. The lowest BCUT2D eigenvalue weighted by Gasteiger charge is -2.51. The Hall–Kier alpha value is -1.07. The first-order chi connectivity index (χ1) is 10.2. The average molecular weight is 322 g/mol. The highest BCUT2D eigenvalue weighted by Gasteiger charge is 2.57. The van der Waals surface area contributed by atoms with Crippen LogP contribution < -0.4 is 0 Å². The number of ether oxygens (including phenoxy) is 1. The SMILES string of the molecule is CC(=O)SCC1=C[C@@H]2C[C@]3(O)OC(=O)C=C3C(C)(C)[C@@H]2CC1. The van der Waals surface area contributed by atoms with Crippen molar-refractivity contribution >= 4 is 22.8 Å². The van der Waals surface area contributed by atoms with Crippen molar-refractivity contribution in [1.82, 2.24) is 0 Å². The molecule has 3 atom stereocenters. The van der Waals surface area contributed by atoms with Gasteiger partial charge in [-0.1, -0.05) is 37.3 Å². The fourth-order valence-electron chi connectivity index (χ4n) is 4.31. The molecule has 3 rings (SSSR count). The third-order valence-corrected chi connectivity index (χ3v) is 6.21. The van der Waals surface area contributed by atoms with E-state index in [0.29, 0.717) is 12.3 Å². The van der Waals surface area contributed by atoms with Crippen molar-refractivity contribution in [3.05, 3.63) is 23.3 Å². The van der Waals surface area contributed by atoms with Gasteiger partial charge < -0.3 is 9.84 Å². The van der Waals surface area contributed by atoms with Gasteiger partial charge in [-0.05, 0) is 30.1 Å². The molecule has 1 saturated carbocycles. The highest BCUT2D eigenvalue weighted by atomic mass is 32.2. The number of fused-ring (bicyclic) bond motifs is 2. The van der Waals surface area contributed by atoms with Crippen molar-refractivity contribution in [3.8, 4) is 0 Å². The molecule has 0 aromatic carbocycles. The number of rotatable bonds is 2. The normalized spacial score (nSPS) is 35.9. The Kier molecular flexibility index (Phi) is 3.76. The van der Waals surface area contributed by atoms with Crippen LogP contribution in [0.4, 0.5) is 0 Å². The van der Waals surface area contributed by atoms with E-state index in [1.54, 1.807) is 6.92 Å². The second-order valence-electron chi connectivity index (χ2n) is 7.10. The second-order valence-corrected chi connectivity index (χ2v) is 8.26. The van der Waals surface area contributed by atoms with Gasteiger partial charge in [0.25, 0.3) is 0 Å². The summed E-state index contributed by atoms with van der Waals surface area (Å²) in [5.74, 6) is -0.603. The Morgan fingerprint density at radius 2 is 2.23 bits per heavy atom. The summed E-state index contributed by atoms with van der Waals surface area (Å²) in [7, 11) is 0. The van der Waals surface area contributed by atoms with Gasteiger partial charge in [0.15, 0.2) is 5.12 Å². The van der Waals surface area contributed by atoms with E-state index in [4.69, 9.17) is 4.74 Å². The topological polar surface area (TPSA) is 63.6 Å². The van der Waals surface area contributed by atoms with Crippen LogP contribution >= 0.6 is 11.8 Å². The third-order valence-electron chi connectivity index (χ3n) is 5.29. The van der Waals surface area contributed by atoms with Crippen molar-refractivity contribution in [2.24, 2.45) is 17.3 Å². The number of aliphatic hydroxyl groups is 1. The Labute approximate surface area is 135 Å². The summed E-state index contributed by atoms with van der Waals surface area (Å²) in [6, 6.07) is 0. The first kappa shape index (κ1) is 15.8. The van der Waals surface area contributed by atoms with Gasteiger partial charge in [-0.25, -0.2) is 4.79 Å². The highest BCUT2D eigenvalue weighted by Crippen LogP contribution is 2.57. The summed E-state index contributed by atoms with van der Waals surface area (Å²) in [6.45, 7) is 5.76.